The van der Waals surface area contributed by atoms with Crippen LogP contribution in [0.15, 0.2) is 95.9 Å². The average molecular weight is 656 g/mol. The smallest absolute Gasteiger partial charge is 0.0624 e. The number of benzene rings is 2. The second-order valence-electron chi connectivity index (χ2n) is 13.7. The fourth-order valence-corrected chi connectivity index (χ4v) is 9.32. The van der Waals surface area contributed by atoms with Gasteiger partial charge in [0.15, 0.2) is 0 Å². The van der Waals surface area contributed by atoms with E-state index in [-0.39, 0.29) is 0 Å². The van der Waals surface area contributed by atoms with Gasteiger partial charge in [-0.3, -0.25) is 0 Å². The summed E-state index contributed by atoms with van der Waals surface area (Å²) in [6.07, 6.45) is 29.3. The molecule has 0 bridgehead atoms. The van der Waals surface area contributed by atoms with Crippen molar-refractivity contribution in [3.8, 4) is 0 Å². The van der Waals surface area contributed by atoms with Gasteiger partial charge in [-0.25, -0.2) is 0 Å². The Bertz CT molecular complexity index is 2040. The fourth-order valence-electron chi connectivity index (χ4n) is 8.87. The average Bonchev–Trinajstić information content (AvgIpc) is 3.68. The van der Waals surface area contributed by atoms with Crippen LogP contribution in [-0.2, 0) is 6.42 Å². The van der Waals surface area contributed by atoms with Crippen molar-refractivity contribution in [3.05, 3.63) is 123 Å². The van der Waals surface area contributed by atoms with E-state index in [4.69, 9.17) is 0 Å². The van der Waals surface area contributed by atoms with Crippen molar-refractivity contribution < 1.29 is 0 Å². The Balaban J connectivity index is 1.32. The lowest BCUT2D eigenvalue weighted by atomic mass is 9.73. The highest BCUT2D eigenvalue weighted by molar-refractivity contribution is 9.09. The number of nitrogens with zero attached hydrogens (tertiary/aromatic N) is 2. The lowest BCUT2D eigenvalue weighted by Gasteiger charge is -2.33. The Morgan fingerprint density at radius 2 is 1.76 bits per heavy atom. The van der Waals surface area contributed by atoms with Gasteiger partial charge in [0.25, 0.3) is 0 Å². The quantitative estimate of drug-likeness (QED) is 0.255. The molecule has 4 atom stereocenters. The molecule has 2 heterocycles. The maximum atomic E-state index is 3.97. The minimum Gasteiger partial charge on any atom is -0.344 e. The molecule has 228 valence electrons. The van der Waals surface area contributed by atoms with Crippen LogP contribution < -0.4 is 15.3 Å². The van der Waals surface area contributed by atoms with Gasteiger partial charge in [-0.2, -0.15) is 0 Å². The van der Waals surface area contributed by atoms with E-state index in [1.807, 2.05) is 0 Å². The Morgan fingerprint density at radius 1 is 0.911 bits per heavy atom. The number of allylic oxidation sites excluding steroid dienone is 12. The van der Waals surface area contributed by atoms with E-state index in [9.17, 15) is 0 Å². The topological polar surface area (TPSA) is 8.17 Å². The summed E-state index contributed by atoms with van der Waals surface area (Å²) in [5.74, 6) is 1.61. The van der Waals surface area contributed by atoms with E-state index in [1.165, 1.54) is 71.8 Å². The largest absolute Gasteiger partial charge is 0.344 e. The molecule has 2 nitrogen and oxygen atoms in total. The molecule has 5 aliphatic rings. The van der Waals surface area contributed by atoms with Crippen molar-refractivity contribution in [2.75, 3.05) is 11.4 Å². The molecule has 3 aromatic rings. The minimum absolute atomic E-state index is 0.378. The van der Waals surface area contributed by atoms with Gasteiger partial charge < -0.3 is 9.47 Å². The Hall–Kier alpha value is -3.56. The Morgan fingerprint density at radius 3 is 2.60 bits per heavy atom. The third kappa shape index (κ3) is 4.64. The zero-order valence-corrected chi connectivity index (χ0v) is 28.6. The molecule has 0 radical (unpaired) electrons. The van der Waals surface area contributed by atoms with Crippen molar-refractivity contribution >= 4 is 55.9 Å². The van der Waals surface area contributed by atoms with Gasteiger partial charge in [0, 0.05) is 39.6 Å². The molecule has 0 saturated heterocycles. The highest BCUT2D eigenvalue weighted by Crippen LogP contribution is 2.44. The van der Waals surface area contributed by atoms with Crippen molar-refractivity contribution in [2.24, 2.45) is 17.8 Å². The second-order valence-corrected chi connectivity index (χ2v) is 14.9. The van der Waals surface area contributed by atoms with E-state index >= 15 is 0 Å². The van der Waals surface area contributed by atoms with Crippen LogP contribution in [0.4, 0.5) is 5.69 Å². The molecule has 8 rings (SSSR count). The number of alkyl halides is 1. The molecule has 1 aromatic heterocycles. The van der Waals surface area contributed by atoms with Crippen LogP contribution in [0.3, 0.4) is 0 Å². The first kappa shape index (κ1) is 28.9. The number of anilines is 1. The molecule has 0 spiro atoms. The number of hydrogen-bond donors (Lipinski definition) is 0. The molecule has 2 aromatic carbocycles. The number of hydrogen-bond acceptors (Lipinski definition) is 1. The number of aryl methyl sites for hydroxylation is 1. The zero-order valence-electron chi connectivity index (χ0n) is 27.0. The van der Waals surface area contributed by atoms with Gasteiger partial charge in [0.1, 0.15) is 0 Å². The Labute approximate surface area is 276 Å². The van der Waals surface area contributed by atoms with E-state index in [0.717, 1.165) is 38.6 Å². The van der Waals surface area contributed by atoms with Crippen molar-refractivity contribution in [2.45, 2.75) is 64.6 Å². The minimum atomic E-state index is 0.378. The van der Waals surface area contributed by atoms with Crippen LogP contribution >= 0.6 is 15.9 Å². The van der Waals surface area contributed by atoms with E-state index in [2.05, 4.69) is 144 Å². The number of aromatic nitrogens is 1. The van der Waals surface area contributed by atoms with Gasteiger partial charge in [-0.05, 0) is 121 Å². The molecule has 1 aliphatic heterocycles. The molecule has 0 N–H and O–H groups in total. The molecular formula is C42H43BrN2. The second kappa shape index (κ2) is 11.4. The molecule has 0 saturated carbocycles. The summed E-state index contributed by atoms with van der Waals surface area (Å²) in [4.78, 5) is 3.08. The van der Waals surface area contributed by atoms with Crippen LogP contribution in [0.25, 0.3) is 34.3 Å². The van der Waals surface area contributed by atoms with Gasteiger partial charge in [-0.15, -0.1) is 0 Å². The molecular weight excluding hydrogens is 612 g/mol. The third-order valence-electron chi connectivity index (χ3n) is 11.2. The van der Waals surface area contributed by atoms with Crippen LogP contribution in [0.2, 0.25) is 0 Å². The van der Waals surface area contributed by atoms with E-state index in [0.29, 0.717) is 22.6 Å². The van der Waals surface area contributed by atoms with Crippen molar-refractivity contribution in [1.29, 1.82) is 0 Å². The SMILES string of the molecule is CC1=C(N2CCc3c2c2ccn(C4=C(C)C(C5C=CC=CC5C)CC=C4)c2c2c3=CC(Br)CC=2)CCC=C1c1ccccc1C. The molecule has 0 amide bonds. The van der Waals surface area contributed by atoms with Gasteiger partial charge in [-0.1, -0.05) is 95.7 Å². The summed E-state index contributed by atoms with van der Waals surface area (Å²) < 4.78 is 2.54. The van der Waals surface area contributed by atoms with Crippen molar-refractivity contribution in [1.82, 2.24) is 4.57 Å². The first-order valence-electron chi connectivity index (χ1n) is 16.9. The predicted octanol–water partition coefficient (Wildman–Crippen LogP) is 9.38. The highest BCUT2D eigenvalue weighted by atomic mass is 79.9. The normalized spacial score (nSPS) is 25.8. The zero-order chi connectivity index (χ0) is 30.8. The first-order chi connectivity index (χ1) is 21.9. The fraction of sp³-hybridized carbons (Fsp3) is 0.333. The maximum absolute atomic E-state index is 3.97. The summed E-state index contributed by atoms with van der Waals surface area (Å²) >= 11 is 3.97. The first-order valence-corrected chi connectivity index (χ1v) is 17.8. The Kier molecular flexibility index (Phi) is 7.29. The lowest BCUT2D eigenvalue weighted by Crippen LogP contribution is -2.34. The van der Waals surface area contributed by atoms with Crippen LogP contribution in [0.1, 0.15) is 63.1 Å². The molecule has 3 heteroatoms. The van der Waals surface area contributed by atoms with Crippen molar-refractivity contribution in [3.63, 3.8) is 0 Å². The summed E-state index contributed by atoms with van der Waals surface area (Å²) in [7, 11) is 0. The summed E-state index contributed by atoms with van der Waals surface area (Å²) in [6, 6.07) is 11.3. The number of halogens is 1. The van der Waals surface area contributed by atoms with Gasteiger partial charge in [0.2, 0.25) is 0 Å². The summed E-state index contributed by atoms with van der Waals surface area (Å²) in [6.45, 7) is 10.4. The molecule has 0 fully saturated rings. The number of rotatable bonds is 4. The van der Waals surface area contributed by atoms with Crippen LogP contribution in [0, 0.1) is 24.7 Å². The lowest BCUT2D eigenvalue weighted by molar-refractivity contribution is 0.374. The highest BCUT2D eigenvalue weighted by Gasteiger charge is 2.32. The standard InChI is InChI=1S/C42H43BrN2/c1-26-11-5-7-13-31(26)33-15-9-17-39(28(33)3)44-23-21-36-38-25-30(43)19-20-35(38)41-37(42(36)44)22-24-45(41)40-18-10-16-34(29(40)4)32-14-8-6-12-27(32)2/h5-8,10-15,18,20,22,24-25,27,30,32,34H,9,16-17,19,21,23H2,1-4H3. The third-order valence-corrected chi connectivity index (χ3v) is 11.8. The maximum Gasteiger partial charge on any atom is 0.0624 e. The summed E-state index contributed by atoms with van der Waals surface area (Å²) in [5, 5.41) is 4.27. The number of fused-ring (bicyclic) bond motifs is 6. The summed E-state index contributed by atoms with van der Waals surface area (Å²) in [5.41, 5.74) is 14.3. The van der Waals surface area contributed by atoms with Gasteiger partial charge >= 0.3 is 0 Å². The van der Waals surface area contributed by atoms with Crippen LogP contribution in [0.5, 0.6) is 0 Å². The van der Waals surface area contributed by atoms with E-state index in [1.54, 1.807) is 0 Å². The predicted molar refractivity (Wildman–Crippen MR) is 197 cm³/mol. The molecule has 4 aliphatic carbocycles. The molecule has 4 unspecified atom stereocenters. The van der Waals surface area contributed by atoms with Crippen LogP contribution in [-0.4, -0.2) is 15.9 Å². The molecule has 45 heavy (non-hydrogen) atoms. The van der Waals surface area contributed by atoms with Gasteiger partial charge in [0.05, 0.1) is 11.2 Å². The van der Waals surface area contributed by atoms with E-state index < -0.39 is 0 Å². The monoisotopic (exact) mass is 654 g/mol.